The van der Waals surface area contributed by atoms with Gasteiger partial charge in [0.1, 0.15) is 0 Å². The number of rotatable bonds is 4. The molecular formula is C26H37N3O2. The average molecular weight is 424 g/mol. The molecular weight excluding hydrogens is 386 g/mol. The van der Waals surface area contributed by atoms with Gasteiger partial charge in [-0.05, 0) is 71.9 Å². The number of aromatic nitrogens is 1. The highest BCUT2D eigenvalue weighted by Crippen LogP contribution is 2.37. The summed E-state index contributed by atoms with van der Waals surface area (Å²) >= 11 is 0. The minimum atomic E-state index is -0.157. The number of nitrogens with zero attached hydrogens (tertiary/aromatic N) is 2. The average Bonchev–Trinajstić information content (AvgIpc) is 3.23. The van der Waals surface area contributed by atoms with Crippen LogP contribution in [0, 0.1) is 0 Å². The van der Waals surface area contributed by atoms with Crippen molar-refractivity contribution < 1.29 is 9.32 Å². The SMILES string of the molecule is CN1C(C)(C)CC(NC(=O)c2cc(-c3ccc(C4CCCCC4)cc3)on2)CC1(C)C. The molecule has 2 fully saturated rings. The predicted molar refractivity (Wildman–Crippen MR) is 124 cm³/mol. The van der Waals surface area contributed by atoms with Gasteiger partial charge in [0.25, 0.3) is 5.91 Å². The van der Waals surface area contributed by atoms with Crippen LogP contribution in [0.25, 0.3) is 11.3 Å². The van der Waals surface area contributed by atoms with Crippen molar-refractivity contribution >= 4 is 5.91 Å². The van der Waals surface area contributed by atoms with Gasteiger partial charge in [0.15, 0.2) is 11.5 Å². The molecule has 168 valence electrons. The van der Waals surface area contributed by atoms with E-state index in [1.165, 1.54) is 37.7 Å². The van der Waals surface area contributed by atoms with Crippen molar-refractivity contribution in [1.82, 2.24) is 15.4 Å². The molecule has 2 heterocycles. The van der Waals surface area contributed by atoms with Crippen molar-refractivity contribution in [2.24, 2.45) is 0 Å². The Morgan fingerprint density at radius 3 is 2.26 bits per heavy atom. The Balaban J connectivity index is 1.42. The molecule has 5 nitrogen and oxygen atoms in total. The highest BCUT2D eigenvalue weighted by molar-refractivity contribution is 5.93. The Morgan fingerprint density at radius 1 is 1.03 bits per heavy atom. The molecule has 4 rings (SSSR count). The summed E-state index contributed by atoms with van der Waals surface area (Å²) in [6.07, 6.45) is 8.42. The number of amides is 1. The Bertz CT molecular complexity index is 889. The third kappa shape index (κ3) is 4.72. The first-order valence-electron chi connectivity index (χ1n) is 11.8. The Morgan fingerprint density at radius 2 is 1.65 bits per heavy atom. The molecule has 1 aliphatic heterocycles. The second-order valence-electron chi connectivity index (χ2n) is 10.8. The molecule has 1 saturated carbocycles. The first-order valence-corrected chi connectivity index (χ1v) is 11.8. The molecule has 0 spiro atoms. The quantitative estimate of drug-likeness (QED) is 0.678. The number of carbonyl (C=O) groups excluding carboxylic acids is 1. The molecule has 1 aromatic heterocycles. The van der Waals surface area contributed by atoms with Crippen molar-refractivity contribution in [3.05, 3.63) is 41.6 Å². The lowest BCUT2D eigenvalue weighted by Crippen LogP contribution is -2.62. The summed E-state index contributed by atoms with van der Waals surface area (Å²) in [6, 6.07) is 10.5. The van der Waals surface area contributed by atoms with Crippen LogP contribution in [0.2, 0.25) is 0 Å². The van der Waals surface area contributed by atoms with Crippen LogP contribution in [0.15, 0.2) is 34.9 Å². The summed E-state index contributed by atoms with van der Waals surface area (Å²) in [7, 11) is 2.17. The summed E-state index contributed by atoms with van der Waals surface area (Å²) in [4.78, 5) is 15.3. The second-order valence-corrected chi connectivity index (χ2v) is 10.8. The Labute approximate surface area is 186 Å². The third-order valence-corrected chi connectivity index (χ3v) is 7.66. The first kappa shape index (κ1) is 22.1. The van der Waals surface area contributed by atoms with E-state index >= 15 is 0 Å². The Hall–Kier alpha value is -2.14. The van der Waals surface area contributed by atoms with E-state index in [1.807, 2.05) is 0 Å². The summed E-state index contributed by atoms with van der Waals surface area (Å²) in [5.41, 5.74) is 2.77. The number of likely N-dealkylation sites (tertiary alicyclic amines) is 1. The standard InChI is InChI=1S/C26H37N3O2/c1-25(2)16-21(17-26(3,4)29(25)5)27-24(30)22-15-23(31-28-22)20-13-11-19(12-14-20)18-9-7-6-8-10-18/h11-15,18,21H,6-10,16-17H2,1-5H3,(H,27,30). The lowest BCUT2D eigenvalue weighted by atomic mass is 9.77. The maximum absolute atomic E-state index is 12.9. The molecule has 31 heavy (non-hydrogen) atoms. The first-order chi connectivity index (χ1) is 14.7. The van der Waals surface area contributed by atoms with Gasteiger partial charge >= 0.3 is 0 Å². The van der Waals surface area contributed by atoms with Crippen LogP contribution in [-0.2, 0) is 0 Å². The van der Waals surface area contributed by atoms with Gasteiger partial charge < -0.3 is 9.84 Å². The third-order valence-electron chi connectivity index (χ3n) is 7.66. The van der Waals surface area contributed by atoms with Crippen LogP contribution in [0.5, 0.6) is 0 Å². The van der Waals surface area contributed by atoms with E-state index in [2.05, 4.69) is 74.4 Å². The molecule has 1 saturated heterocycles. The molecule has 1 amide bonds. The number of benzene rings is 1. The summed E-state index contributed by atoms with van der Waals surface area (Å²) in [6.45, 7) is 8.94. The smallest absolute Gasteiger partial charge is 0.273 e. The van der Waals surface area contributed by atoms with Gasteiger partial charge in [0.05, 0.1) is 0 Å². The van der Waals surface area contributed by atoms with Crippen molar-refractivity contribution in [2.75, 3.05) is 7.05 Å². The Kier molecular flexibility index (Phi) is 5.99. The van der Waals surface area contributed by atoms with E-state index in [0.717, 1.165) is 18.4 Å². The molecule has 1 N–H and O–H groups in total. The monoisotopic (exact) mass is 423 g/mol. The van der Waals surface area contributed by atoms with Crippen LogP contribution >= 0.6 is 0 Å². The van der Waals surface area contributed by atoms with Gasteiger partial charge in [-0.3, -0.25) is 9.69 Å². The normalized spacial score (nSPS) is 22.4. The number of piperidine rings is 1. The lowest BCUT2D eigenvalue weighted by molar-refractivity contribution is -0.0169. The van der Waals surface area contributed by atoms with Gasteiger partial charge in [-0.25, -0.2) is 0 Å². The lowest BCUT2D eigenvalue weighted by Gasteiger charge is -2.53. The molecule has 2 aliphatic rings. The van der Waals surface area contributed by atoms with E-state index in [1.54, 1.807) is 6.07 Å². The minimum Gasteiger partial charge on any atom is -0.355 e. The van der Waals surface area contributed by atoms with Crippen LogP contribution in [0.4, 0.5) is 0 Å². The fraction of sp³-hybridized carbons (Fsp3) is 0.615. The molecule has 0 atom stereocenters. The maximum atomic E-state index is 12.9. The fourth-order valence-electron chi connectivity index (χ4n) is 5.61. The van der Waals surface area contributed by atoms with Crippen molar-refractivity contribution in [3.63, 3.8) is 0 Å². The molecule has 1 aromatic carbocycles. The minimum absolute atomic E-state index is 0.0226. The van der Waals surface area contributed by atoms with E-state index in [9.17, 15) is 4.79 Å². The number of nitrogens with one attached hydrogen (secondary N) is 1. The second kappa shape index (κ2) is 8.42. The van der Waals surface area contributed by atoms with Crippen molar-refractivity contribution in [1.29, 1.82) is 0 Å². The van der Waals surface area contributed by atoms with E-state index < -0.39 is 0 Å². The van der Waals surface area contributed by atoms with E-state index in [-0.39, 0.29) is 23.0 Å². The van der Waals surface area contributed by atoms with Crippen LogP contribution in [0.3, 0.4) is 0 Å². The predicted octanol–water partition coefficient (Wildman–Crippen LogP) is 5.77. The van der Waals surface area contributed by atoms with Crippen LogP contribution < -0.4 is 5.32 Å². The largest absolute Gasteiger partial charge is 0.355 e. The van der Waals surface area contributed by atoms with E-state index in [4.69, 9.17) is 4.52 Å². The summed E-state index contributed by atoms with van der Waals surface area (Å²) in [5.74, 6) is 1.17. The van der Waals surface area contributed by atoms with E-state index in [0.29, 0.717) is 17.4 Å². The molecule has 0 unspecified atom stereocenters. The van der Waals surface area contributed by atoms with Crippen molar-refractivity contribution in [3.8, 4) is 11.3 Å². The molecule has 1 aliphatic carbocycles. The summed E-state index contributed by atoms with van der Waals surface area (Å²) in [5, 5.41) is 7.26. The highest BCUT2D eigenvalue weighted by atomic mass is 16.5. The fourth-order valence-corrected chi connectivity index (χ4v) is 5.61. The molecule has 5 heteroatoms. The molecule has 0 bridgehead atoms. The van der Waals surface area contributed by atoms with Crippen molar-refractivity contribution in [2.45, 2.75) is 95.7 Å². The number of carbonyl (C=O) groups is 1. The summed E-state index contributed by atoms with van der Waals surface area (Å²) < 4.78 is 5.53. The zero-order chi connectivity index (χ0) is 22.2. The molecule has 0 radical (unpaired) electrons. The van der Waals surface area contributed by atoms with Gasteiger partial charge in [0, 0.05) is 28.7 Å². The van der Waals surface area contributed by atoms with Crippen LogP contribution in [-0.4, -0.2) is 40.1 Å². The van der Waals surface area contributed by atoms with Crippen LogP contribution in [0.1, 0.15) is 94.6 Å². The number of hydrogen-bond acceptors (Lipinski definition) is 4. The molecule has 2 aromatic rings. The van der Waals surface area contributed by atoms with Gasteiger partial charge in [-0.1, -0.05) is 48.7 Å². The zero-order valence-corrected chi connectivity index (χ0v) is 19.7. The van der Waals surface area contributed by atoms with Gasteiger partial charge in [-0.2, -0.15) is 0 Å². The maximum Gasteiger partial charge on any atom is 0.273 e. The van der Waals surface area contributed by atoms with Gasteiger partial charge in [-0.15, -0.1) is 0 Å². The number of hydrogen-bond donors (Lipinski definition) is 1. The topological polar surface area (TPSA) is 58.4 Å². The highest BCUT2D eigenvalue weighted by Gasteiger charge is 2.43. The zero-order valence-electron chi connectivity index (χ0n) is 19.7. The van der Waals surface area contributed by atoms with Gasteiger partial charge in [0.2, 0.25) is 0 Å².